The van der Waals surface area contributed by atoms with Gasteiger partial charge in [-0.3, -0.25) is 0 Å². The van der Waals surface area contributed by atoms with Gasteiger partial charge in [-0.1, -0.05) is 0 Å². The number of carbonyl (C=O) groups is 1. The number of carbonyl (C=O) groups excluding carboxylic acids is 1. The van der Waals surface area contributed by atoms with Crippen LogP contribution in [0.4, 0.5) is 4.79 Å². The van der Waals surface area contributed by atoms with Crippen LogP contribution in [-0.4, -0.2) is 35.7 Å². The number of amides is 1. The second-order valence-electron chi connectivity index (χ2n) is 6.47. The maximum absolute atomic E-state index is 11.9. The van der Waals surface area contributed by atoms with E-state index in [4.69, 9.17) is 10.5 Å². The summed E-state index contributed by atoms with van der Waals surface area (Å²) in [5, 5.41) is 0. The van der Waals surface area contributed by atoms with Crippen molar-refractivity contribution in [2.24, 2.45) is 17.6 Å². The molecule has 17 heavy (non-hydrogen) atoms. The van der Waals surface area contributed by atoms with E-state index >= 15 is 0 Å². The van der Waals surface area contributed by atoms with Crippen LogP contribution in [0.3, 0.4) is 0 Å². The van der Waals surface area contributed by atoms with E-state index in [-0.39, 0.29) is 6.09 Å². The Kier molecular flexibility index (Phi) is 3.34. The van der Waals surface area contributed by atoms with Crippen LogP contribution in [0.15, 0.2) is 0 Å². The molecule has 0 aromatic rings. The summed E-state index contributed by atoms with van der Waals surface area (Å²) in [5.41, 5.74) is 5.41. The third-order valence-corrected chi connectivity index (χ3v) is 3.75. The van der Waals surface area contributed by atoms with Gasteiger partial charge in [0.1, 0.15) is 5.60 Å². The summed E-state index contributed by atoms with van der Waals surface area (Å²) in [6.07, 6.45) is 3.21. The van der Waals surface area contributed by atoms with Crippen molar-refractivity contribution < 1.29 is 9.53 Å². The van der Waals surface area contributed by atoms with Crippen LogP contribution >= 0.6 is 0 Å². The molecule has 1 amide bonds. The van der Waals surface area contributed by atoms with E-state index in [1.807, 2.05) is 25.7 Å². The standard InChI is InChI=1S/C13H24N2O2/c1-13(2,3)17-12(16)15-5-4-9(8-15)10-6-11(14)7-10/h9-11H,4-8,14H2,1-3H3. The van der Waals surface area contributed by atoms with Gasteiger partial charge in [0.15, 0.2) is 0 Å². The van der Waals surface area contributed by atoms with Crippen molar-refractivity contribution in [2.45, 2.75) is 51.7 Å². The predicted octanol–water partition coefficient (Wildman–Crippen LogP) is 1.98. The van der Waals surface area contributed by atoms with Crippen molar-refractivity contribution in [3.05, 3.63) is 0 Å². The van der Waals surface area contributed by atoms with Crippen LogP contribution < -0.4 is 5.73 Å². The van der Waals surface area contributed by atoms with Gasteiger partial charge in [0.2, 0.25) is 0 Å². The average molecular weight is 240 g/mol. The molecule has 0 aromatic carbocycles. The molecule has 1 atom stereocenters. The Morgan fingerprint density at radius 3 is 2.47 bits per heavy atom. The minimum absolute atomic E-state index is 0.163. The lowest BCUT2D eigenvalue weighted by molar-refractivity contribution is 0.0276. The lowest BCUT2D eigenvalue weighted by Gasteiger charge is -2.36. The molecule has 98 valence electrons. The third-order valence-electron chi connectivity index (χ3n) is 3.75. The summed E-state index contributed by atoms with van der Waals surface area (Å²) in [6.45, 7) is 7.41. The van der Waals surface area contributed by atoms with Crippen LogP contribution in [0.5, 0.6) is 0 Å². The SMILES string of the molecule is CC(C)(C)OC(=O)N1CCC(C2CC(N)C2)C1. The van der Waals surface area contributed by atoms with Crippen molar-refractivity contribution in [2.75, 3.05) is 13.1 Å². The highest BCUT2D eigenvalue weighted by atomic mass is 16.6. The Balaban J connectivity index is 1.79. The molecule has 1 saturated carbocycles. The highest BCUT2D eigenvalue weighted by molar-refractivity contribution is 5.68. The van der Waals surface area contributed by atoms with E-state index in [0.717, 1.165) is 38.3 Å². The molecule has 1 aliphatic carbocycles. The van der Waals surface area contributed by atoms with Crippen LogP contribution in [-0.2, 0) is 4.74 Å². The summed E-state index contributed by atoms with van der Waals surface area (Å²) >= 11 is 0. The van der Waals surface area contributed by atoms with Gasteiger partial charge in [0.25, 0.3) is 0 Å². The number of nitrogens with zero attached hydrogens (tertiary/aromatic N) is 1. The third kappa shape index (κ3) is 3.12. The Labute approximate surface area is 103 Å². The topological polar surface area (TPSA) is 55.6 Å². The first-order valence-electron chi connectivity index (χ1n) is 6.58. The van der Waals surface area contributed by atoms with Crippen LogP contribution in [0.25, 0.3) is 0 Å². The fraction of sp³-hybridized carbons (Fsp3) is 0.923. The first-order valence-corrected chi connectivity index (χ1v) is 6.58. The molecule has 2 aliphatic rings. The first-order chi connectivity index (χ1) is 7.85. The van der Waals surface area contributed by atoms with Gasteiger partial charge in [-0.15, -0.1) is 0 Å². The molecule has 2 rings (SSSR count). The maximum atomic E-state index is 11.9. The van der Waals surface area contributed by atoms with E-state index in [1.165, 1.54) is 0 Å². The second-order valence-corrected chi connectivity index (χ2v) is 6.47. The second kappa shape index (κ2) is 4.48. The molecule has 4 nitrogen and oxygen atoms in total. The highest BCUT2D eigenvalue weighted by Crippen LogP contribution is 2.37. The fourth-order valence-electron chi connectivity index (χ4n) is 2.76. The van der Waals surface area contributed by atoms with Gasteiger partial charge in [0.05, 0.1) is 0 Å². The minimum Gasteiger partial charge on any atom is -0.444 e. The van der Waals surface area contributed by atoms with E-state index in [2.05, 4.69) is 0 Å². The van der Waals surface area contributed by atoms with Gasteiger partial charge >= 0.3 is 6.09 Å². The quantitative estimate of drug-likeness (QED) is 0.762. The number of likely N-dealkylation sites (tertiary alicyclic amines) is 1. The molecule has 1 heterocycles. The molecule has 2 N–H and O–H groups in total. The van der Waals surface area contributed by atoms with Crippen molar-refractivity contribution >= 4 is 6.09 Å². The summed E-state index contributed by atoms with van der Waals surface area (Å²) in [5.74, 6) is 1.37. The monoisotopic (exact) mass is 240 g/mol. The molecule has 2 fully saturated rings. The Hall–Kier alpha value is -0.770. The predicted molar refractivity (Wildman–Crippen MR) is 66.6 cm³/mol. The van der Waals surface area contributed by atoms with Crippen molar-refractivity contribution in [3.63, 3.8) is 0 Å². The number of ether oxygens (including phenoxy) is 1. The Morgan fingerprint density at radius 2 is 1.94 bits per heavy atom. The molecule has 0 spiro atoms. The van der Waals surface area contributed by atoms with Crippen LogP contribution in [0.2, 0.25) is 0 Å². The smallest absolute Gasteiger partial charge is 0.410 e. The zero-order valence-corrected chi connectivity index (χ0v) is 11.1. The van der Waals surface area contributed by atoms with E-state index in [1.54, 1.807) is 0 Å². The van der Waals surface area contributed by atoms with Crippen LogP contribution in [0, 0.1) is 11.8 Å². The number of nitrogens with two attached hydrogens (primary N) is 1. The normalized spacial score (nSPS) is 33.4. The number of hydrogen-bond donors (Lipinski definition) is 1. The Morgan fingerprint density at radius 1 is 1.29 bits per heavy atom. The lowest BCUT2D eigenvalue weighted by Crippen LogP contribution is -2.41. The average Bonchev–Trinajstić information content (AvgIpc) is 2.58. The molecular formula is C13H24N2O2. The van der Waals surface area contributed by atoms with Crippen molar-refractivity contribution in [1.29, 1.82) is 0 Å². The molecule has 1 saturated heterocycles. The van der Waals surface area contributed by atoms with Gasteiger partial charge in [-0.25, -0.2) is 4.79 Å². The highest BCUT2D eigenvalue weighted by Gasteiger charge is 2.38. The minimum atomic E-state index is -0.395. The first kappa shape index (κ1) is 12.7. The Bertz CT molecular complexity index is 292. The summed E-state index contributed by atoms with van der Waals surface area (Å²) in [4.78, 5) is 13.7. The van der Waals surface area contributed by atoms with Crippen LogP contribution in [0.1, 0.15) is 40.0 Å². The van der Waals surface area contributed by atoms with Gasteiger partial charge in [0, 0.05) is 19.1 Å². The molecule has 4 heteroatoms. The van der Waals surface area contributed by atoms with Gasteiger partial charge < -0.3 is 15.4 Å². The lowest BCUT2D eigenvalue weighted by atomic mass is 9.72. The largest absolute Gasteiger partial charge is 0.444 e. The number of hydrogen-bond acceptors (Lipinski definition) is 3. The van der Waals surface area contributed by atoms with Gasteiger partial charge in [-0.2, -0.15) is 0 Å². The fourth-order valence-corrected chi connectivity index (χ4v) is 2.76. The van der Waals surface area contributed by atoms with E-state index in [9.17, 15) is 4.79 Å². The van der Waals surface area contributed by atoms with Crippen molar-refractivity contribution in [3.8, 4) is 0 Å². The molecular weight excluding hydrogens is 216 g/mol. The molecule has 0 bridgehead atoms. The molecule has 1 aliphatic heterocycles. The molecule has 1 unspecified atom stereocenters. The molecule has 0 radical (unpaired) electrons. The zero-order chi connectivity index (χ0) is 12.6. The summed E-state index contributed by atoms with van der Waals surface area (Å²) in [6, 6.07) is 0.399. The van der Waals surface area contributed by atoms with Crippen molar-refractivity contribution in [1.82, 2.24) is 4.90 Å². The summed E-state index contributed by atoms with van der Waals surface area (Å²) in [7, 11) is 0. The van der Waals surface area contributed by atoms with E-state index in [0.29, 0.717) is 12.0 Å². The van der Waals surface area contributed by atoms with Gasteiger partial charge in [-0.05, 0) is 51.9 Å². The van der Waals surface area contributed by atoms with E-state index < -0.39 is 5.60 Å². The summed E-state index contributed by atoms with van der Waals surface area (Å²) < 4.78 is 5.38. The molecule has 0 aromatic heterocycles. The zero-order valence-electron chi connectivity index (χ0n) is 11.1. The maximum Gasteiger partial charge on any atom is 0.410 e. The number of rotatable bonds is 1.